The molecule has 0 radical (unpaired) electrons. The predicted octanol–water partition coefficient (Wildman–Crippen LogP) is 5.05. The SMILES string of the molecule is O=C(COc1ccc2ccccc2c1Br)Oc1ccc(C(=O)O)cc1Br. The van der Waals surface area contributed by atoms with Gasteiger partial charge in [-0.1, -0.05) is 30.3 Å². The molecule has 7 heteroatoms. The lowest BCUT2D eigenvalue weighted by Crippen LogP contribution is -2.18. The van der Waals surface area contributed by atoms with Crippen molar-refractivity contribution >= 4 is 54.6 Å². The normalized spacial score (nSPS) is 10.5. The van der Waals surface area contributed by atoms with Crippen LogP contribution in [0.25, 0.3) is 10.8 Å². The molecule has 1 N–H and O–H groups in total. The summed E-state index contributed by atoms with van der Waals surface area (Å²) >= 11 is 6.68. The summed E-state index contributed by atoms with van der Waals surface area (Å²) in [6.07, 6.45) is 0. The van der Waals surface area contributed by atoms with Crippen LogP contribution < -0.4 is 9.47 Å². The summed E-state index contributed by atoms with van der Waals surface area (Å²) in [6, 6.07) is 15.6. The summed E-state index contributed by atoms with van der Waals surface area (Å²) in [4.78, 5) is 23.0. The van der Waals surface area contributed by atoms with E-state index in [4.69, 9.17) is 14.6 Å². The minimum absolute atomic E-state index is 0.0908. The number of carboxylic acid groups (broad SMARTS) is 1. The lowest BCUT2D eigenvalue weighted by Gasteiger charge is -2.11. The monoisotopic (exact) mass is 478 g/mol. The molecule has 0 bridgehead atoms. The number of carbonyl (C=O) groups is 2. The molecule has 0 atom stereocenters. The molecule has 0 saturated heterocycles. The highest BCUT2D eigenvalue weighted by atomic mass is 79.9. The smallest absolute Gasteiger partial charge is 0.349 e. The van der Waals surface area contributed by atoms with E-state index in [2.05, 4.69) is 31.9 Å². The number of benzene rings is 3. The quantitative estimate of drug-likeness (QED) is 0.409. The van der Waals surface area contributed by atoms with Crippen molar-refractivity contribution in [2.45, 2.75) is 0 Å². The Kier molecular flexibility index (Phi) is 5.58. The number of esters is 1. The van der Waals surface area contributed by atoms with Crippen molar-refractivity contribution in [3.8, 4) is 11.5 Å². The molecule has 0 aliphatic carbocycles. The van der Waals surface area contributed by atoms with Gasteiger partial charge in [-0.15, -0.1) is 0 Å². The van der Waals surface area contributed by atoms with E-state index >= 15 is 0 Å². The summed E-state index contributed by atoms with van der Waals surface area (Å²) in [5, 5.41) is 11.0. The van der Waals surface area contributed by atoms with Crippen LogP contribution in [0.2, 0.25) is 0 Å². The van der Waals surface area contributed by atoms with Gasteiger partial charge in [0, 0.05) is 0 Å². The van der Waals surface area contributed by atoms with E-state index in [0.29, 0.717) is 10.2 Å². The molecular formula is C19H12Br2O5. The van der Waals surface area contributed by atoms with Gasteiger partial charge in [0.1, 0.15) is 11.5 Å². The van der Waals surface area contributed by atoms with Gasteiger partial charge >= 0.3 is 11.9 Å². The van der Waals surface area contributed by atoms with Crippen LogP contribution in [0.15, 0.2) is 63.5 Å². The third-order valence-corrected chi connectivity index (χ3v) is 5.01. The van der Waals surface area contributed by atoms with Crippen molar-refractivity contribution in [2.24, 2.45) is 0 Å². The molecule has 0 aliphatic heterocycles. The molecule has 0 fully saturated rings. The van der Waals surface area contributed by atoms with Gasteiger partial charge in [0.2, 0.25) is 0 Å². The maximum absolute atomic E-state index is 12.0. The molecule has 132 valence electrons. The van der Waals surface area contributed by atoms with Gasteiger partial charge in [-0.2, -0.15) is 0 Å². The Morgan fingerprint density at radius 3 is 2.42 bits per heavy atom. The Bertz CT molecular complexity index is 1000. The van der Waals surface area contributed by atoms with E-state index in [1.807, 2.05) is 30.3 Å². The molecule has 0 aromatic heterocycles. The van der Waals surface area contributed by atoms with Crippen LogP contribution in [-0.4, -0.2) is 23.7 Å². The lowest BCUT2D eigenvalue weighted by atomic mass is 10.1. The third-order valence-electron chi connectivity index (χ3n) is 3.58. The number of aromatic carboxylic acids is 1. The first kappa shape index (κ1) is 18.4. The zero-order chi connectivity index (χ0) is 18.7. The number of carboxylic acids is 1. The highest BCUT2D eigenvalue weighted by molar-refractivity contribution is 9.11. The van der Waals surface area contributed by atoms with E-state index in [-0.39, 0.29) is 17.9 Å². The molecule has 0 aliphatic rings. The van der Waals surface area contributed by atoms with Crippen LogP contribution in [-0.2, 0) is 4.79 Å². The second-order valence-electron chi connectivity index (χ2n) is 5.31. The summed E-state index contributed by atoms with van der Waals surface area (Å²) in [5.41, 5.74) is 0.0908. The van der Waals surface area contributed by atoms with Gasteiger partial charge in [-0.3, -0.25) is 0 Å². The average Bonchev–Trinajstić information content (AvgIpc) is 2.63. The van der Waals surface area contributed by atoms with Crippen LogP contribution in [0.5, 0.6) is 11.5 Å². The first-order valence-electron chi connectivity index (χ1n) is 7.49. The van der Waals surface area contributed by atoms with Crippen molar-refractivity contribution in [3.05, 3.63) is 69.1 Å². The third kappa shape index (κ3) is 4.05. The molecule has 5 nitrogen and oxygen atoms in total. The van der Waals surface area contributed by atoms with Crippen LogP contribution in [0.3, 0.4) is 0 Å². The maximum Gasteiger partial charge on any atom is 0.349 e. The number of ether oxygens (including phenoxy) is 2. The predicted molar refractivity (Wildman–Crippen MR) is 104 cm³/mol. The number of hydrogen-bond acceptors (Lipinski definition) is 4. The van der Waals surface area contributed by atoms with Crippen LogP contribution in [0.4, 0.5) is 0 Å². The second kappa shape index (κ2) is 7.88. The van der Waals surface area contributed by atoms with E-state index in [9.17, 15) is 9.59 Å². The Morgan fingerprint density at radius 2 is 1.69 bits per heavy atom. The molecule has 0 spiro atoms. The molecule has 3 rings (SSSR count). The van der Waals surface area contributed by atoms with Crippen molar-refractivity contribution in [2.75, 3.05) is 6.61 Å². The molecule has 0 unspecified atom stereocenters. The number of fused-ring (bicyclic) bond motifs is 1. The zero-order valence-electron chi connectivity index (χ0n) is 13.2. The highest BCUT2D eigenvalue weighted by Gasteiger charge is 2.13. The fraction of sp³-hybridized carbons (Fsp3) is 0.0526. The Labute approximate surface area is 165 Å². The number of carbonyl (C=O) groups excluding carboxylic acids is 1. The molecule has 3 aromatic carbocycles. The Hall–Kier alpha value is -2.38. The largest absolute Gasteiger partial charge is 0.481 e. The molecular weight excluding hydrogens is 468 g/mol. The number of rotatable bonds is 5. The Morgan fingerprint density at radius 1 is 0.962 bits per heavy atom. The van der Waals surface area contributed by atoms with Crippen molar-refractivity contribution in [3.63, 3.8) is 0 Å². The maximum atomic E-state index is 12.0. The van der Waals surface area contributed by atoms with Gasteiger partial charge in [-0.25, -0.2) is 9.59 Å². The Balaban J connectivity index is 1.68. The van der Waals surface area contributed by atoms with Crippen molar-refractivity contribution in [1.82, 2.24) is 0 Å². The summed E-state index contributed by atoms with van der Waals surface area (Å²) in [5.74, 6) is -0.913. The van der Waals surface area contributed by atoms with E-state index in [1.165, 1.54) is 18.2 Å². The van der Waals surface area contributed by atoms with E-state index < -0.39 is 11.9 Å². The van der Waals surface area contributed by atoms with Crippen molar-refractivity contribution in [1.29, 1.82) is 0 Å². The fourth-order valence-electron chi connectivity index (χ4n) is 2.33. The molecule has 26 heavy (non-hydrogen) atoms. The summed E-state index contributed by atoms with van der Waals surface area (Å²) < 4.78 is 11.9. The number of hydrogen-bond donors (Lipinski definition) is 1. The fourth-order valence-corrected chi connectivity index (χ4v) is 3.40. The standard InChI is InChI=1S/C19H12Br2O5/c20-14-9-12(19(23)24)6-7-15(14)26-17(22)10-25-16-8-5-11-3-1-2-4-13(11)18(16)21/h1-9H,10H2,(H,23,24). The van der Waals surface area contributed by atoms with Crippen LogP contribution >= 0.6 is 31.9 Å². The molecule has 0 saturated carbocycles. The van der Waals surface area contributed by atoms with Gasteiger partial charge in [0.05, 0.1) is 14.5 Å². The first-order valence-corrected chi connectivity index (χ1v) is 9.08. The molecule has 0 amide bonds. The average molecular weight is 480 g/mol. The van der Waals surface area contributed by atoms with Gasteiger partial charge < -0.3 is 14.6 Å². The topological polar surface area (TPSA) is 72.8 Å². The highest BCUT2D eigenvalue weighted by Crippen LogP contribution is 2.33. The molecule has 0 heterocycles. The summed E-state index contributed by atoms with van der Waals surface area (Å²) in [7, 11) is 0. The van der Waals surface area contributed by atoms with Gasteiger partial charge in [0.25, 0.3) is 0 Å². The first-order chi connectivity index (χ1) is 12.5. The zero-order valence-corrected chi connectivity index (χ0v) is 16.4. The number of halogens is 2. The van der Waals surface area contributed by atoms with E-state index in [0.717, 1.165) is 15.2 Å². The van der Waals surface area contributed by atoms with Crippen LogP contribution in [0.1, 0.15) is 10.4 Å². The minimum atomic E-state index is -1.06. The molecule has 3 aromatic rings. The van der Waals surface area contributed by atoms with Crippen molar-refractivity contribution < 1.29 is 24.2 Å². The van der Waals surface area contributed by atoms with Crippen LogP contribution in [0, 0.1) is 0 Å². The van der Waals surface area contributed by atoms with E-state index in [1.54, 1.807) is 6.07 Å². The minimum Gasteiger partial charge on any atom is -0.481 e. The van der Waals surface area contributed by atoms with Gasteiger partial charge in [-0.05, 0) is 66.9 Å². The summed E-state index contributed by atoms with van der Waals surface area (Å²) in [6.45, 7) is -0.288. The van der Waals surface area contributed by atoms with Gasteiger partial charge in [0.15, 0.2) is 6.61 Å². The second-order valence-corrected chi connectivity index (χ2v) is 6.96. The lowest BCUT2D eigenvalue weighted by molar-refractivity contribution is -0.136.